The summed E-state index contributed by atoms with van der Waals surface area (Å²) in [6.07, 6.45) is 4.25. The molecule has 1 aromatic heterocycles. The van der Waals surface area contributed by atoms with Gasteiger partial charge in [0.25, 0.3) is 0 Å². The van der Waals surface area contributed by atoms with Crippen molar-refractivity contribution in [2.75, 3.05) is 39.9 Å². The predicted molar refractivity (Wildman–Crippen MR) is 120 cm³/mol. The van der Waals surface area contributed by atoms with E-state index in [1.807, 2.05) is 13.2 Å². The van der Waals surface area contributed by atoms with Crippen molar-refractivity contribution in [2.45, 2.75) is 39.3 Å². The maximum atomic E-state index is 5.56. The fourth-order valence-electron chi connectivity index (χ4n) is 4.25. The molecule has 1 aliphatic heterocycles. The van der Waals surface area contributed by atoms with E-state index >= 15 is 0 Å². The van der Waals surface area contributed by atoms with Crippen LogP contribution in [0.2, 0.25) is 0 Å². The Balaban J connectivity index is 1.62. The highest BCUT2D eigenvalue weighted by Gasteiger charge is 2.27. The van der Waals surface area contributed by atoms with Gasteiger partial charge in [0, 0.05) is 44.3 Å². The molecule has 1 atom stereocenters. The summed E-state index contributed by atoms with van der Waals surface area (Å²) < 4.78 is 5.56. The monoisotopic (exact) mass is 397 g/mol. The zero-order valence-electron chi connectivity index (χ0n) is 18.0. The quantitative estimate of drug-likeness (QED) is 0.530. The van der Waals surface area contributed by atoms with Crippen LogP contribution in [-0.2, 0) is 11.3 Å². The van der Waals surface area contributed by atoms with Crippen LogP contribution in [0.4, 0.5) is 0 Å². The highest BCUT2D eigenvalue weighted by atomic mass is 16.5. The average molecular weight is 398 g/mol. The van der Waals surface area contributed by atoms with Crippen LogP contribution in [0.3, 0.4) is 0 Å². The number of ether oxygens (including phenoxy) is 1. The van der Waals surface area contributed by atoms with Gasteiger partial charge >= 0.3 is 0 Å². The fourth-order valence-corrected chi connectivity index (χ4v) is 4.25. The molecule has 1 unspecified atom stereocenters. The first kappa shape index (κ1) is 21.5. The maximum Gasteiger partial charge on any atom is 0.191 e. The number of guanidine groups is 1. The Bertz CT molecular complexity index is 778. The molecule has 1 aromatic carbocycles. The topological polar surface area (TPSA) is 61.8 Å². The van der Waals surface area contributed by atoms with Crippen molar-refractivity contribution in [2.24, 2.45) is 10.9 Å². The van der Waals surface area contributed by atoms with E-state index in [0.29, 0.717) is 18.5 Å². The van der Waals surface area contributed by atoms with E-state index in [1.54, 1.807) is 0 Å². The van der Waals surface area contributed by atoms with E-state index in [0.717, 1.165) is 44.5 Å². The van der Waals surface area contributed by atoms with Gasteiger partial charge in [-0.15, -0.1) is 0 Å². The van der Waals surface area contributed by atoms with Gasteiger partial charge < -0.3 is 15.4 Å². The number of morpholine rings is 1. The molecular formula is C23H35N5O. The van der Waals surface area contributed by atoms with Gasteiger partial charge in [-0.2, -0.15) is 0 Å². The Kier molecular flexibility index (Phi) is 8.25. The van der Waals surface area contributed by atoms with Crippen molar-refractivity contribution in [3.05, 3.63) is 42.2 Å². The van der Waals surface area contributed by atoms with Crippen LogP contribution in [0, 0.1) is 5.92 Å². The third-order valence-corrected chi connectivity index (χ3v) is 5.99. The average Bonchev–Trinajstić information content (AvgIpc) is 2.79. The summed E-state index contributed by atoms with van der Waals surface area (Å²) in [4.78, 5) is 11.6. The normalized spacial score (nSPS) is 16.9. The lowest BCUT2D eigenvalue weighted by Gasteiger charge is -2.39. The van der Waals surface area contributed by atoms with Crippen LogP contribution in [-0.4, -0.2) is 61.8 Å². The van der Waals surface area contributed by atoms with E-state index in [4.69, 9.17) is 4.74 Å². The second-order valence-electron chi connectivity index (χ2n) is 7.58. The molecular weight excluding hydrogens is 362 g/mol. The lowest BCUT2D eigenvalue weighted by Crippen LogP contribution is -2.53. The highest BCUT2D eigenvalue weighted by Crippen LogP contribution is 2.20. The van der Waals surface area contributed by atoms with E-state index in [1.165, 1.54) is 23.6 Å². The van der Waals surface area contributed by atoms with Crippen molar-refractivity contribution in [1.82, 2.24) is 20.5 Å². The van der Waals surface area contributed by atoms with Crippen molar-refractivity contribution >= 4 is 16.7 Å². The maximum absolute atomic E-state index is 5.56. The molecule has 0 spiro atoms. The zero-order chi connectivity index (χ0) is 20.5. The van der Waals surface area contributed by atoms with Crippen LogP contribution >= 0.6 is 0 Å². The van der Waals surface area contributed by atoms with Gasteiger partial charge in [0.1, 0.15) is 0 Å². The fraction of sp³-hybridized carbons (Fsp3) is 0.565. The molecule has 2 heterocycles. The zero-order valence-corrected chi connectivity index (χ0v) is 18.0. The Labute approximate surface area is 174 Å². The summed E-state index contributed by atoms with van der Waals surface area (Å²) >= 11 is 0. The van der Waals surface area contributed by atoms with Gasteiger partial charge in [-0.3, -0.25) is 14.9 Å². The van der Waals surface area contributed by atoms with Crippen LogP contribution in [0.25, 0.3) is 10.8 Å². The van der Waals surface area contributed by atoms with E-state index in [9.17, 15) is 0 Å². The van der Waals surface area contributed by atoms with Crippen molar-refractivity contribution in [1.29, 1.82) is 0 Å². The van der Waals surface area contributed by atoms with Gasteiger partial charge in [0.05, 0.1) is 25.5 Å². The van der Waals surface area contributed by atoms with Crippen molar-refractivity contribution in [3.8, 4) is 0 Å². The second-order valence-corrected chi connectivity index (χ2v) is 7.58. The number of aromatic nitrogens is 1. The molecule has 3 rings (SSSR count). The number of pyridine rings is 1. The molecule has 6 nitrogen and oxygen atoms in total. The van der Waals surface area contributed by atoms with Crippen LogP contribution in [0.5, 0.6) is 0 Å². The second kappa shape index (κ2) is 11.1. The number of nitrogens with one attached hydrogen (secondary N) is 2. The van der Waals surface area contributed by atoms with Crippen LogP contribution in [0.15, 0.2) is 41.5 Å². The number of nitrogens with zero attached hydrogens (tertiary/aromatic N) is 3. The molecule has 0 aliphatic carbocycles. The van der Waals surface area contributed by atoms with E-state index in [2.05, 4.69) is 69.7 Å². The van der Waals surface area contributed by atoms with E-state index < -0.39 is 0 Å². The van der Waals surface area contributed by atoms with Crippen molar-refractivity contribution in [3.63, 3.8) is 0 Å². The summed E-state index contributed by atoms with van der Waals surface area (Å²) in [6, 6.07) is 10.9. The largest absolute Gasteiger partial charge is 0.379 e. The molecule has 29 heavy (non-hydrogen) atoms. The molecule has 1 fully saturated rings. The summed E-state index contributed by atoms with van der Waals surface area (Å²) in [7, 11) is 1.83. The molecule has 0 bridgehead atoms. The molecule has 2 aromatic rings. The number of benzene rings is 1. The summed E-state index contributed by atoms with van der Waals surface area (Å²) in [5, 5.41) is 9.40. The first-order valence-corrected chi connectivity index (χ1v) is 10.9. The van der Waals surface area contributed by atoms with Gasteiger partial charge in [0.2, 0.25) is 0 Å². The Morgan fingerprint density at radius 1 is 1.14 bits per heavy atom. The lowest BCUT2D eigenvalue weighted by atomic mass is 9.92. The summed E-state index contributed by atoms with van der Waals surface area (Å²) in [6.45, 7) is 9.79. The lowest BCUT2D eigenvalue weighted by molar-refractivity contribution is 0.00272. The SMILES string of the molecule is CCC(CC)C(CNC(=NC)NCc1nccc2ccccc12)N1CCOCC1. The number of hydrogen-bond acceptors (Lipinski definition) is 4. The molecule has 0 saturated carbocycles. The molecule has 0 amide bonds. The Morgan fingerprint density at radius 3 is 2.62 bits per heavy atom. The number of rotatable bonds is 8. The summed E-state index contributed by atoms with van der Waals surface area (Å²) in [5.74, 6) is 1.49. The molecule has 1 aliphatic rings. The number of aliphatic imine (C=N–C) groups is 1. The number of fused-ring (bicyclic) bond motifs is 1. The summed E-state index contributed by atoms with van der Waals surface area (Å²) in [5.41, 5.74) is 1.04. The van der Waals surface area contributed by atoms with Gasteiger partial charge in [-0.25, -0.2) is 0 Å². The minimum atomic E-state index is 0.489. The standard InChI is InChI=1S/C23H35N5O/c1-4-18(5-2)22(28-12-14-29-15-13-28)17-27-23(24-3)26-16-21-20-9-7-6-8-19(20)10-11-25-21/h6-11,18,22H,4-5,12-17H2,1-3H3,(H2,24,26,27). The van der Waals surface area contributed by atoms with Crippen molar-refractivity contribution < 1.29 is 4.74 Å². The smallest absolute Gasteiger partial charge is 0.191 e. The third-order valence-electron chi connectivity index (χ3n) is 5.99. The molecule has 2 N–H and O–H groups in total. The van der Waals surface area contributed by atoms with E-state index in [-0.39, 0.29) is 0 Å². The molecule has 1 saturated heterocycles. The van der Waals surface area contributed by atoms with Gasteiger partial charge in [0.15, 0.2) is 5.96 Å². The van der Waals surface area contributed by atoms with Crippen LogP contribution in [0.1, 0.15) is 32.4 Å². The first-order chi connectivity index (χ1) is 14.3. The van der Waals surface area contributed by atoms with Gasteiger partial charge in [-0.1, -0.05) is 51.0 Å². The molecule has 158 valence electrons. The minimum Gasteiger partial charge on any atom is -0.379 e. The molecule has 0 radical (unpaired) electrons. The third kappa shape index (κ3) is 5.67. The molecule has 6 heteroatoms. The number of hydrogen-bond donors (Lipinski definition) is 2. The predicted octanol–water partition coefficient (Wildman–Crippen LogP) is 3.04. The Hall–Kier alpha value is -2.18. The first-order valence-electron chi connectivity index (χ1n) is 10.9. The Morgan fingerprint density at radius 2 is 1.90 bits per heavy atom. The van der Waals surface area contributed by atoms with Gasteiger partial charge in [-0.05, 0) is 17.4 Å². The van der Waals surface area contributed by atoms with Crippen LogP contribution < -0.4 is 10.6 Å². The highest BCUT2D eigenvalue weighted by molar-refractivity contribution is 5.85. The minimum absolute atomic E-state index is 0.489.